The second-order valence-corrected chi connectivity index (χ2v) is 5.50. The van der Waals surface area contributed by atoms with E-state index >= 15 is 0 Å². The van der Waals surface area contributed by atoms with E-state index in [0.29, 0.717) is 15.8 Å². The van der Waals surface area contributed by atoms with Gasteiger partial charge in [0.2, 0.25) is 0 Å². The van der Waals surface area contributed by atoms with Crippen LogP contribution in [0.15, 0.2) is 30.3 Å². The van der Waals surface area contributed by atoms with E-state index in [2.05, 4.69) is 37.3 Å². The van der Waals surface area contributed by atoms with Crippen LogP contribution in [-0.4, -0.2) is 15.8 Å². The molecule has 0 bridgehead atoms. The van der Waals surface area contributed by atoms with Gasteiger partial charge in [-0.3, -0.25) is 0 Å². The second-order valence-electron chi connectivity index (χ2n) is 2.66. The first kappa shape index (κ1) is 8.87. The first-order valence-electron chi connectivity index (χ1n) is 4.18. The molecule has 1 heteroatoms. The van der Waals surface area contributed by atoms with Crippen molar-refractivity contribution in [2.45, 2.75) is 23.8 Å². The summed E-state index contributed by atoms with van der Waals surface area (Å²) >= 11 is 0.325. The molecule has 60 valence electrons. The Bertz CT molecular complexity index is 181. The molecule has 0 aromatic heterocycles. The number of benzene rings is 1. The van der Waals surface area contributed by atoms with Crippen LogP contribution < -0.4 is 0 Å². The minimum atomic E-state index is 0.325. The fourth-order valence-electron chi connectivity index (χ4n) is 1.01. The summed E-state index contributed by atoms with van der Waals surface area (Å²) in [5.41, 5.74) is 1.53. The first-order chi connectivity index (χ1) is 5.43. The third-order valence-corrected chi connectivity index (χ3v) is 4.77. The molecule has 0 N–H and O–H groups in total. The van der Waals surface area contributed by atoms with E-state index in [1.807, 2.05) is 0 Å². The molecule has 11 heavy (non-hydrogen) atoms. The molecule has 0 heterocycles. The Labute approximate surface area is 75.7 Å². The number of hydrogen-bond donors (Lipinski definition) is 0. The summed E-state index contributed by atoms with van der Waals surface area (Å²) in [6.07, 6.45) is 1.37. The Morgan fingerprint density at radius 2 is 1.91 bits per heavy atom. The van der Waals surface area contributed by atoms with Crippen molar-refractivity contribution in [2.24, 2.45) is 0 Å². The van der Waals surface area contributed by atoms with Crippen LogP contribution in [0.1, 0.15) is 18.9 Å². The molecule has 1 atom stereocenters. The van der Waals surface area contributed by atoms with Gasteiger partial charge in [0.05, 0.1) is 0 Å². The Hall–Kier alpha value is -0.222. The maximum atomic E-state index is 2.27. The fourth-order valence-corrected chi connectivity index (χ4v) is 3.22. The molecule has 0 saturated carbocycles. The molecule has 0 aliphatic carbocycles. The van der Waals surface area contributed by atoms with Crippen LogP contribution in [0.2, 0.25) is 5.21 Å². The van der Waals surface area contributed by atoms with Gasteiger partial charge in [-0.05, 0) is 0 Å². The SMILES string of the molecule is CCC[AsH]Cc1ccccc1. The summed E-state index contributed by atoms with van der Waals surface area (Å²) < 4.78 is 0. The molecular weight excluding hydrogens is 195 g/mol. The summed E-state index contributed by atoms with van der Waals surface area (Å²) in [7, 11) is 0. The Kier molecular flexibility index (Phi) is 4.38. The van der Waals surface area contributed by atoms with E-state index in [1.165, 1.54) is 22.4 Å². The van der Waals surface area contributed by atoms with Crippen molar-refractivity contribution < 1.29 is 0 Å². The predicted molar refractivity (Wildman–Crippen MR) is 52.4 cm³/mol. The zero-order chi connectivity index (χ0) is 7.94. The van der Waals surface area contributed by atoms with Crippen molar-refractivity contribution >= 4 is 15.8 Å². The van der Waals surface area contributed by atoms with Gasteiger partial charge in [-0.25, -0.2) is 0 Å². The molecule has 1 rings (SSSR count). The van der Waals surface area contributed by atoms with E-state index in [9.17, 15) is 0 Å². The average molecular weight is 210 g/mol. The normalized spacial score (nSPS) is 11.0. The van der Waals surface area contributed by atoms with Gasteiger partial charge in [-0.1, -0.05) is 0 Å². The van der Waals surface area contributed by atoms with Crippen molar-refractivity contribution in [3.63, 3.8) is 0 Å². The van der Waals surface area contributed by atoms with Crippen LogP contribution >= 0.6 is 0 Å². The predicted octanol–water partition coefficient (Wildman–Crippen LogP) is 2.45. The monoisotopic (exact) mass is 210 g/mol. The van der Waals surface area contributed by atoms with Gasteiger partial charge in [-0.2, -0.15) is 0 Å². The van der Waals surface area contributed by atoms with Crippen molar-refractivity contribution in [2.75, 3.05) is 0 Å². The number of rotatable bonds is 4. The summed E-state index contributed by atoms with van der Waals surface area (Å²) in [5.74, 6) is 0. The molecule has 0 saturated heterocycles. The van der Waals surface area contributed by atoms with Crippen LogP contribution in [0.5, 0.6) is 0 Å². The van der Waals surface area contributed by atoms with E-state index in [0.717, 1.165) is 0 Å². The van der Waals surface area contributed by atoms with E-state index in [4.69, 9.17) is 0 Å². The number of hydrogen-bond acceptors (Lipinski definition) is 0. The van der Waals surface area contributed by atoms with Crippen LogP contribution in [0.25, 0.3) is 0 Å². The topological polar surface area (TPSA) is 0 Å². The van der Waals surface area contributed by atoms with Crippen molar-refractivity contribution in [1.82, 2.24) is 0 Å². The van der Waals surface area contributed by atoms with Crippen LogP contribution in [0.3, 0.4) is 0 Å². The average Bonchev–Trinajstić information content (AvgIpc) is 2.07. The van der Waals surface area contributed by atoms with Crippen molar-refractivity contribution in [1.29, 1.82) is 0 Å². The standard InChI is InChI=1S/C10H15As/c1-2-8-11-9-10-6-4-3-5-7-10/h3-7,11H,2,8-9H2,1H3. The van der Waals surface area contributed by atoms with Gasteiger partial charge < -0.3 is 0 Å². The molecule has 0 radical (unpaired) electrons. The van der Waals surface area contributed by atoms with Gasteiger partial charge in [0.25, 0.3) is 0 Å². The summed E-state index contributed by atoms with van der Waals surface area (Å²) in [6.45, 7) is 2.27. The van der Waals surface area contributed by atoms with Crippen LogP contribution in [-0.2, 0) is 5.21 Å². The van der Waals surface area contributed by atoms with E-state index in [-0.39, 0.29) is 0 Å². The summed E-state index contributed by atoms with van der Waals surface area (Å²) in [4.78, 5) is 0. The summed E-state index contributed by atoms with van der Waals surface area (Å²) in [6, 6.07) is 10.8. The molecule has 1 aromatic carbocycles. The first-order valence-corrected chi connectivity index (χ1v) is 7.15. The van der Waals surface area contributed by atoms with Crippen molar-refractivity contribution in [3.05, 3.63) is 35.9 Å². The van der Waals surface area contributed by atoms with Crippen molar-refractivity contribution in [3.8, 4) is 0 Å². The quantitative estimate of drug-likeness (QED) is 0.529. The third-order valence-electron chi connectivity index (χ3n) is 1.60. The minimum absolute atomic E-state index is 0.325. The molecule has 0 aliphatic rings. The third kappa shape index (κ3) is 3.62. The van der Waals surface area contributed by atoms with Gasteiger partial charge in [0.15, 0.2) is 0 Å². The Balaban J connectivity index is 2.28. The van der Waals surface area contributed by atoms with E-state index < -0.39 is 0 Å². The molecule has 1 aromatic rings. The maximum absolute atomic E-state index is 2.27. The van der Waals surface area contributed by atoms with Crippen LogP contribution in [0.4, 0.5) is 0 Å². The Morgan fingerprint density at radius 1 is 1.18 bits per heavy atom. The molecule has 0 amide bonds. The molecule has 1 unspecified atom stereocenters. The summed E-state index contributed by atoms with van der Waals surface area (Å²) in [5, 5.41) is 2.85. The van der Waals surface area contributed by atoms with Gasteiger partial charge in [0, 0.05) is 0 Å². The fraction of sp³-hybridized carbons (Fsp3) is 0.400. The second kappa shape index (κ2) is 5.43. The van der Waals surface area contributed by atoms with E-state index in [1.54, 1.807) is 0 Å². The molecular formula is C10H15As. The Morgan fingerprint density at radius 3 is 2.55 bits per heavy atom. The molecule has 0 fully saturated rings. The molecule has 0 aliphatic heterocycles. The zero-order valence-corrected chi connectivity index (χ0v) is 9.11. The van der Waals surface area contributed by atoms with Gasteiger partial charge in [-0.15, -0.1) is 0 Å². The zero-order valence-electron chi connectivity index (χ0n) is 7.01. The van der Waals surface area contributed by atoms with Gasteiger partial charge in [0.1, 0.15) is 0 Å². The van der Waals surface area contributed by atoms with Crippen LogP contribution in [0, 0.1) is 0 Å². The molecule has 0 spiro atoms. The molecule has 0 nitrogen and oxygen atoms in total. The van der Waals surface area contributed by atoms with Gasteiger partial charge >= 0.3 is 75.4 Å².